The maximum Gasteiger partial charge on any atom is 0.345 e. The zero-order valence-electron chi connectivity index (χ0n) is 9.83. The van der Waals surface area contributed by atoms with Gasteiger partial charge in [0.05, 0.1) is 6.61 Å². The molecule has 17 heavy (non-hydrogen) atoms. The van der Waals surface area contributed by atoms with Crippen LogP contribution in [0.3, 0.4) is 0 Å². The first-order valence-corrected chi connectivity index (χ1v) is 6.64. The highest BCUT2D eigenvalue weighted by molar-refractivity contribution is 8.00. The van der Waals surface area contributed by atoms with Crippen molar-refractivity contribution >= 4 is 17.7 Å². The molecule has 5 heteroatoms. The number of rotatable bonds is 7. The van der Waals surface area contributed by atoms with Crippen molar-refractivity contribution < 1.29 is 14.6 Å². The topological polar surface area (TPSA) is 59.4 Å². The Morgan fingerprint density at radius 1 is 1.65 bits per heavy atom. The molecule has 0 spiro atoms. The van der Waals surface area contributed by atoms with Gasteiger partial charge in [-0.3, -0.25) is 4.98 Å². The average Bonchev–Trinajstić information content (AvgIpc) is 2.36. The van der Waals surface area contributed by atoms with Gasteiger partial charge in [-0.2, -0.15) is 0 Å². The fraction of sp³-hybridized carbons (Fsp3) is 0.500. The molecular formula is C12H17NO3S. The normalized spacial score (nSPS) is 12.1. The lowest BCUT2D eigenvalue weighted by atomic mass is 10.2. The average molecular weight is 255 g/mol. The number of nitrogens with zero attached hydrogens (tertiary/aromatic N) is 1. The number of esters is 1. The predicted molar refractivity (Wildman–Crippen MR) is 67.7 cm³/mol. The molecular weight excluding hydrogens is 238 g/mol. The highest BCUT2D eigenvalue weighted by Crippen LogP contribution is 2.13. The van der Waals surface area contributed by atoms with Crippen LogP contribution < -0.4 is 0 Å². The van der Waals surface area contributed by atoms with Gasteiger partial charge in [-0.25, -0.2) is 4.79 Å². The van der Waals surface area contributed by atoms with E-state index in [1.165, 1.54) is 17.3 Å². The lowest BCUT2D eigenvalue weighted by Crippen LogP contribution is -2.20. The molecule has 1 heterocycles. The van der Waals surface area contributed by atoms with Gasteiger partial charge in [0, 0.05) is 12.4 Å². The summed E-state index contributed by atoms with van der Waals surface area (Å²) in [6.07, 6.45) is 5.36. The van der Waals surface area contributed by atoms with Gasteiger partial charge in [-0.15, -0.1) is 11.8 Å². The quantitative estimate of drug-likeness (QED) is 0.456. The van der Waals surface area contributed by atoms with Crippen LogP contribution in [0.5, 0.6) is 0 Å². The van der Waals surface area contributed by atoms with E-state index in [1.807, 2.05) is 18.3 Å². The molecule has 0 aliphatic heterocycles. The Hall–Kier alpha value is -1.07. The zero-order valence-corrected chi connectivity index (χ0v) is 10.7. The summed E-state index contributed by atoms with van der Waals surface area (Å²) in [5.74, 6) is 0.161. The van der Waals surface area contributed by atoms with Gasteiger partial charge >= 0.3 is 5.97 Å². The van der Waals surface area contributed by atoms with Gasteiger partial charge in [0.2, 0.25) is 0 Å². The third-order valence-electron chi connectivity index (χ3n) is 2.10. The molecule has 0 amide bonds. The number of aliphatic hydroxyl groups excluding tert-OH is 1. The van der Waals surface area contributed by atoms with Crippen LogP contribution in [0.25, 0.3) is 0 Å². The van der Waals surface area contributed by atoms with E-state index in [-0.39, 0.29) is 0 Å². The Kier molecular flexibility index (Phi) is 6.65. The molecule has 0 aromatic carbocycles. The van der Waals surface area contributed by atoms with E-state index in [0.717, 1.165) is 18.6 Å². The highest BCUT2D eigenvalue weighted by atomic mass is 32.2. The van der Waals surface area contributed by atoms with Crippen molar-refractivity contribution in [3.8, 4) is 0 Å². The van der Waals surface area contributed by atoms with Crippen molar-refractivity contribution in [2.45, 2.75) is 25.2 Å². The number of aliphatic hydroxyl groups is 1. The molecule has 0 fully saturated rings. The molecule has 1 aromatic rings. The summed E-state index contributed by atoms with van der Waals surface area (Å²) < 4.78 is 4.70. The van der Waals surface area contributed by atoms with Gasteiger partial charge in [-0.1, -0.05) is 6.07 Å². The number of aryl methyl sites for hydroxylation is 1. The van der Waals surface area contributed by atoms with Gasteiger partial charge in [-0.05, 0) is 37.1 Å². The minimum absolute atomic E-state index is 0.298. The Bertz CT molecular complexity index is 332. The van der Waals surface area contributed by atoms with Gasteiger partial charge in [0.25, 0.3) is 0 Å². The van der Waals surface area contributed by atoms with E-state index < -0.39 is 11.4 Å². The molecule has 1 unspecified atom stereocenters. The van der Waals surface area contributed by atoms with E-state index in [2.05, 4.69) is 4.98 Å². The van der Waals surface area contributed by atoms with Crippen molar-refractivity contribution in [3.05, 3.63) is 30.1 Å². The maximum absolute atomic E-state index is 11.1. The lowest BCUT2D eigenvalue weighted by molar-refractivity contribution is -0.148. The van der Waals surface area contributed by atoms with Crippen LogP contribution in [0, 0.1) is 0 Å². The van der Waals surface area contributed by atoms with E-state index in [0.29, 0.717) is 6.61 Å². The molecule has 4 nitrogen and oxygen atoms in total. The van der Waals surface area contributed by atoms with Crippen LogP contribution in [-0.2, 0) is 16.0 Å². The zero-order chi connectivity index (χ0) is 12.5. The lowest BCUT2D eigenvalue weighted by Gasteiger charge is -2.08. The van der Waals surface area contributed by atoms with E-state index in [1.54, 1.807) is 13.1 Å². The Morgan fingerprint density at radius 2 is 2.47 bits per heavy atom. The summed E-state index contributed by atoms with van der Waals surface area (Å²) in [4.78, 5) is 15.1. The fourth-order valence-corrected chi connectivity index (χ4v) is 2.04. The standard InChI is InChI=1S/C12H17NO3S/c1-2-16-11(14)12(15)17-8-4-6-10-5-3-7-13-9-10/h3,5,7,9,12,15H,2,4,6,8H2,1H3. The SMILES string of the molecule is CCOC(=O)C(O)SCCCc1cccnc1. The van der Waals surface area contributed by atoms with Crippen LogP contribution >= 0.6 is 11.8 Å². The fourth-order valence-electron chi connectivity index (χ4n) is 1.30. The van der Waals surface area contributed by atoms with E-state index in [4.69, 9.17) is 4.74 Å². The minimum atomic E-state index is -1.07. The highest BCUT2D eigenvalue weighted by Gasteiger charge is 2.15. The van der Waals surface area contributed by atoms with Gasteiger partial charge in [0.15, 0.2) is 5.44 Å². The van der Waals surface area contributed by atoms with Gasteiger partial charge in [0.1, 0.15) is 0 Å². The largest absolute Gasteiger partial charge is 0.463 e. The Morgan fingerprint density at radius 3 is 3.12 bits per heavy atom. The van der Waals surface area contributed by atoms with E-state index >= 15 is 0 Å². The Balaban J connectivity index is 2.14. The van der Waals surface area contributed by atoms with Crippen LogP contribution in [-0.4, -0.2) is 33.9 Å². The monoisotopic (exact) mass is 255 g/mol. The Labute approximate surface area is 105 Å². The minimum Gasteiger partial charge on any atom is -0.463 e. The number of aromatic nitrogens is 1. The number of hydrogen-bond donors (Lipinski definition) is 1. The second-order valence-electron chi connectivity index (χ2n) is 3.44. The third kappa shape index (κ3) is 5.70. The first-order chi connectivity index (χ1) is 8.24. The number of carbonyl (C=O) groups excluding carboxylic acids is 1. The maximum atomic E-state index is 11.1. The molecule has 94 valence electrons. The predicted octanol–water partition coefficient (Wildman–Crippen LogP) is 1.63. The van der Waals surface area contributed by atoms with Crippen molar-refractivity contribution in [1.82, 2.24) is 4.98 Å². The van der Waals surface area contributed by atoms with Crippen LogP contribution in [0.1, 0.15) is 18.9 Å². The molecule has 0 radical (unpaired) electrons. The first kappa shape index (κ1) is 14.0. The van der Waals surface area contributed by atoms with Crippen molar-refractivity contribution in [2.75, 3.05) is 12.4 Å². The number of hydrogen-bond acceptors (Lipinski definition) is 5. The van der Waals surface area contributed by atoms with Crippen molar-refractivity contribution in [2.24, 2.45) is 0 Å². The van der Waals surface area contributed by atoms with Crippen LogP contribution in [0.2, 0.25) is 0 Å². The smallest absolute Gasteiger partial charge is 0.345 e. The molecule has 0 aliphatic carbocycles. The first-order valence-electron chi connectivity index (χ1n) is 5.59. The summed E-state index contributed by atoms with van der Waals surface area (Å²) in [7, 11) is 0. The number of carbonyl (C=O) groups is 1. The number of thioether (sulfide) groups is 1. The number of ether oxygens (including phenoxy) is 1. The molecule has 1 N–H and O–H groups in total. The summed E-state index contributed by atoms with van der Waals surface area (Å²) in [5.41, 5.74) is 0.0996. The molecule has 0 aliphatic rings. The van der Waals surface area contributed by atoms with Gasteiger partial charge < -0.3 is 9.84 Å². The third-order valence-corrected chi connectivity index (χ3v) is 3.13. The van der Waals surface area contributed by atoms with Crippen molar-refractivity contribution in [3.63, 3.8) is 0 Å². The molecule has 0 saturated heterocycles. The summed E-state index contributed by atoms with van der Waals surface area (Å²) in [5, 5.41) is 9.42. The molecule has 0 saturated carbocycles. The van der Waals surface area contributed by atoms with Crippen molar-refractivity contribution in [1.29, 1.82) is 0 Å². The van der Waals surface area contributed by atoms with Crippen LogP contribution in [0.4, 0.5) is 0 Å². The van der Waals surface area contributed by atoms with Crippen LogP contribution in [0.15, 0.2) is 24.5 Å². The summed E-state index contributed by atoms with van der Waals surface area (Å²) >= 11 is 1.20. The second-order valence-corrected chi connectivity index (χ2v) is 4.63. The van der Waals surface area contributed by atoms with E-state index in [9.17, 15) is 9.90 Å². The second kappa shape index (κ2) is 8.08. The molecule has 1 aromatic heterocycles. The summed E-state index contributed by atoms with van der Waals surface area (Å²) in [6, 6.07) is 3.91. The molecule has 1 rings (SSSR count). The molecule has 1 atom stereocenters. The molecule has 0 bridgehead atoms. The number of pyridine rings is 1. The summed E-state index contributed by atoms with van der Waals surface area (Å²) in [6.45, 7) is 2.02.